The normalized spacial score (nSPS) is 16.8. The molecule has 0 amide bonds. The van der Waals surface area contributed by atoms with Gasteiger partial charge in [0.2, 0.25) is 0 Å². The zero-order chi connectivity index (χ0) is 12.8. The van der Waals surface area contributed by atoms with Crippen LogP contribution in [0.1, 0.15) is 17.8 Å². The van der Waals surface area contributed by atoms with Crippen molar-refractivity contribution in [3.8, 4) is 11.3 Å². The SMILES string of the molecule is NC1(Cc2nc(-c3cc(Br)ccc3F)cs2)CC1. The summed E-state index contributed by atoms with van der Waals surface area (Å²) in [5.41, 5.74) is 7.24. The number of rotatable bonds is 3. The Balaban J connectivity index is 1.90. The molecule has 1 aromatic carbocycles. The first-order valence-corrected chi connectivity index (χ1v) is 7.42. The Hall–Kier alpha value is -0.780. The summed E-state index contributed by atoms with van der Waals surface area (Å²) in [5.74, 6) is -0.246. The van der Waals surface area contributed by atoms with Crippen LogP contribution in [-0.2, 0) is 6.42 Å². The van der Waals surface area contributed by atoms with Crippen LogP contribution in [0.15, 0.2) is 28.1 Å². The van der Waals surface area contributed by atoms with Crippen molar-refractivity contribution in [2.24, 2.45) is 5.73 Å². The smallest absolute Gasteiger partial charge is 0.132 e. The van der Waals surface area contributed by atoms with Crippen molar-refractivity contribution < 1.29 is 4.39 Å². The lowest BCUT2D eigenvalue weighted by Crippen LogP contribution is -2.24. The van der Waals surface area contributed by atoms with Crippen LogP contribution in [0.5, 0.6) is 0 Å². The summed E-state index contributed by atoms with van der Waals surface area (Å²) < 4.78 is 14.6. The molecule has 0 aliphatic heterocycles. The first-order chi connectivity index (χ1) is 8.56. The molecule has 2 aromatic rings. The van der Waals surface area contributed by atoms with E-state index in [2.05, 4.69) is 20.9 Å². The Bertz CT molecular complexity index is 592. The molecule has 1 aromatic heterocycles. The van der Waals surface area contributed by atoms with Gasteiger partial charge in [-0.2, -0.15) is 0 Å². The van der Waals surface area contributed by atoms with E-state index in [0.717, 1.165) is 28.7 Å². The van der Waals surface area contributed by atoms with Gasteiger partial charge < -0.3 is 5.73 Å². The molecule has 0 radical (unpaired) electrons. The van der Waals surface area contributed by atoms with E-state index in [4.69, 9.17) is 5.73 Å². The third-order valence-corrected chi connectivity index (χ3v) is 4.49. The van der Waals surface area contributed by atoms with Crippen molar-refractivity contribution >= 4 is 27.3 Å². The van der Waals surface area contributed by atoms with Crippen LogP contribution in [0.4, 0.5) is 4.39 Å². The van der Waals surface area contributed by atoms with E-state index in [9.17, 15) is 4.39 Å². The highest BCUT2D eigenvalue weighted by atomic mass is 79.9. The number of benzene rings is 1. The topological polar surface area (TPSA) is 38.9 Å². The van der Waals surface area contributed by atoms with Crippen molar-refractivity contribution in [1.29, 1.82) is 0 Å². The fraction of sp³-hybridized carbons (Fsp3) is 0.308. The molecule has 18 heavy (non-hydrogen) atoms. The maximum Gasteiger partial charge on any atom is 0.132 e. The quantitative estimate of drug-likeness (QED) is 0.933. The van der Waals surface area contributed by atoms with E-state index >= 15 is 0 Å². The summed E-state index contributed by atoms with van der Waals surface area (Å²) in [5, 5.41) is 2.88. The maximum atomic E-state index is 13.7. The van der Waals surface area contributed by atoms with E-state index < -0.39 is 0 Å². The monoisotopic (exact) mass is 326 g/mol. The molecule has 0 spiro atoms. The van der Waals surface area contributed by atoms with Gasteiger partial charge in [-0.15, -0.1) is 11.3 Å². The number of thiazole rings is 1. The van der Waals surface area contributed by atoms with E-state index in [1.165, 1.54) is 6.07 Å². The fourth-order valence-corrected chi connectivity index (χ4v) is 3.16. The first kappa shape index (κ1) is 12.3. The van der Waals surface area contributed by atoms with E-state index in [0.29, 0.717) is 11.3 Å². The van der Waals surface area contributed by atoms with Gasteiger partial charge in [-0.3, -0.25) is 0 Å². The molecule has 1 fully saturated rings. The lowest BCUT2D eigenvalue weighted by molar-refractivity contribution is 0.630. The van der Waals surface area contributed by atoms with Crippen LogP contribution in [0.2, 0.25) is 0 Å². The molecule has 0 unspecified atom stereocenters. The molecule has 94 valence electrons. The number of aromatic nitrogens is 1. The Morgan fingerprint density at radius 1 is 1.44 bits per heavy atom. The Morgan fingerprint density at radius 2 is 2.22 bits per heavy atom. The minimum atomic E-state index is -0.246. The standard InChI is InChI=1S/C13H12BrFN2S/c14-8-1-2-10(15)9(5-8)11-7-18-12(17-11)6-13(16)3-4-13/h1-2,5,7H,3-4,6,16H2. The summed E-state index contributed by atoms with van der Waals surface area (Å²) in [6, 6.07) is 4.89. The lowest BCUT2D eigenvalue weighted by Gasteiger charge is -2.04. The van der Waals surface area contributed by atoms with E-state index in [-0.39, 0.29) is 11.4 Å². The zero-order valence-corrected chi connectivity index (χ0v) is 12.0. The van der Waals surface area contributed by atoms with E-state index in [1.54, 1.807) is 23.5 Å². The molecule has 0 bridgehead atoms. The summed E-state index contributed by atoms with van der Waals surface area (Å²) >= 11 is 4.90. The Kier molecular flexibility index (Phi) is 3.00. The summed E-state index contributed by atoms with van der Waals surface area (Å²) in [7, 11) is 0. The van der Waals surface area contributed by atoms with Gasteiger partial charge in [-0.05, 0) is 31.0 Å². The molecule has 1 aliphatic rings. The Labute approximate surface area is 117 Å². The minimum Gasteiger partial charge on any atom is -0.325 e. The third-order valence-electron chi connectivity index (χ3n) is 3.15. The van der Waals surface area contributed by atoms with Crippen LogP contribution < -0.4 is 5.73 Å². The van der Waals surface area contributed by atoms with Crippen molar-refractivity contribution in [2.75, 3.05) is 0 Å². The van der Waals surface area contributed by atoms with Gasteiger partial charge in [0.25, 0.3) is 0 Å². The fourth-order valence-electron chi connectivity index (χ4n) is 1.85. The van der Waals surface area contributed by atoms with Gasteiger partial charge in [0.05, 0.1) is 10.7 Å². The highest BCUT2D eigenvalue weighted by molar-refractivity contribution is 9.10. The molecule has 0 atom stereocenters. The molecule has 2 nitrogen and oxygen atoms in total. The molecule has 5 heteroatoms. The van der Waals surface area contributed by atoms with Crippen LogP contribution in [0.25, 0.3) is 11.3 Å². The van der Waals surface area contributed by atoms with Gasteiger partial charge in [-0.25, -0.2) is 9.37 Å². The molecule has 1 saturated carbocycles. The number of nitrogens with two attached hydrogens (primary N) is 1. The molecule has 0 saturated heterocycles. The van der Waals surface area contributed by atoms with Crippen molar-refractivity contribution in [3.63, 3.8) is 0 Å². The number of nitrogens with zero attached hydrogens (tertiary/aromatic N) is 1. The second-order valence-electron chi connectivity index (χ2n) is 4.79. The molecule has 3 rings (SSSR count). The molecule has 1 aliphatic carbocycles. The second-order valence-corrected chi connectivity index (χ2v) is 6.65. The predicted molar refractivity (Wildman–Crippen MR) is 75.1 cm³/mol. The van der Waals surface area contributed by atoms with Crippen LogP contribution in [-0.4, -0.2) is 10.5 Å². The average Bonchev–Trinajstić information content (AvgIpc) is 2.88. The molecule has 1 heterocycles. The van der Waals surface area contributed by atoms with Gasteiger partial charge >= 0.3 is 0 Å². The summed E-state index contributed by atoms with van der Waals surface area (Å²) in [6.07, 6.45) is 2.92. The largest absolute Gasteiger partial charge is 0.325 e. The second kappa shape index (κ2) is 4.40. The van der Waals surface area contributed by atoms with Crippen molar-refractivity contribution in [2.45, 2.75) is 24.8 Å². The van der Waals surface area contributed by atoms with Gasteiger partial charge in [-0.1, -0.05) is 15.9 Å². The number of hydrogen-bond acceptors (Lipinski definition) is 3. The highest BCUT2D eigenvalue weighted by Gasteiger charge is 2.38. The molecular weight excluding hydrogens is 315 g/mol. The summed E-state index contributed by atoms with van der Waals surface area (Å²) in [6.45, 7) is 0. The first-order valence-electron chi connectivity index (χ1n) is 5.74. The maximum absolute atomic E-state index is 13.7. The van der Waals surface area contributed by atoms with Gasteiger partial charge in [0.1, 0.15) is 5.82 Å². The van der Waals surface area contributed by atoms with Gasteiger partial charge in [0.15, 0.2) is 0 Å². The van der Waals surface area contributed by atoms with Crippen LogP contribution in [0, 0.1) is 5.82 Å². The highest BCUT2D eigenvalue weighted by Crippen LogP contribution is 2.37. The lowest BCUT2D eigenvalue weighted by atomic mass is 10.1. The number of halogens is 2. The zero-order valence-electron chi connectivity index (χ0n) is 9.62. The van der Waals surface area contributed by atoms with Crippen LogP contribution in [0.3, 0.4) is 0 Å². The van der Waals surface area contributed by atoms with Crippen molar-refractivity contribution in [1.82, 2.24) is 4.98 Å². The van der Waals surface area contributed by atoms with Crippen molar-refractivity contribution in [3.05, 3.63) is 38.9 Å². The number of hydrogen-bond donors (Lipinski definition) is 1. The minimum absolute atomic E-state index is 0.0507. The molecular formula is C13H12BrFN2S. The van der Waals surface area contributed by atoms with Gasteiger partial charge in [0, 0.05) is 27.4 Å². The molecule has 2 N–H and O–H groups in total. The third kappa shape index (κ3) is 2.48. The summed E-state index contributed by atoms with van der Waals surface area (Å²) in [4.78, 5) is 4.49. The van der Waals surface area contributed by atoms with E-state index in [1.807, 2.05) is 5.38 Å². The van der Waals surface area contributed by atoms with Crippen LogP contribution >= 0.6 is 27.3 Å². The Morgan fingerprint density at radius 3 is 2.94 bits per heavy atom. The average molecular weight is 327 g/mol. The predicted octanol–water partition coefficient (Wildman–Crippen LogP) is 3.75.